The lowest BCUT2D eigenvalue weighted by atomic mass is 10.0. The smallest absolute Gasteiger partial charge is 0.335 e. The molecule has 4 N–H and O–H groups in total. The zero-order chi connectivity index (χ0) is 19.7. The van der Waals surface area contributed by atoms with Crippen LogP contribution >= 0.6 is 22.6 Å². The van der Waals surface area contributed by atoms with Crippen molar-refractivity contribution in [3.8, 4) is 11.5 Å². The van der Waals surface area contributed by atoms with Crippen LogP contribution in [0.4, 0.5) is 0 Å². The Balaban J connectivity index is 2.82. The summed E-state index contributed by atoms with van der Waals surface area (Å²) < 4.78 is 10.3. The number of phenols is 1. The molecule has 8 heteroatoms. The molecule has 0 aromatic heterocycles. The highest BCUT2D eigenvalue weighted by Crippen LogP contribution is 2.35. The Bertz CT molecular complexity index is 680. The van der Waals surface area contributed by atoms with E-state index in [1.165, 1.54) is 19.3 Å². The third-order valence-corrected chi connectivity index (χ3v) is 4.31. The van der Waals surface area contributed by atoms with Crippen molar-refractivity contribution in [3.63, 3.8) is 0 Å². The number of rotatable bonds is 9. The van der Waals surface area contributed by atoms with Gasteiger partial charge in [-0.15, -0.1) is 5.73 Å². The molecule has 0 heterocycles. The van der Waals surface area contributed by atoms with Crippen LogP contribution in [-0.2, 0) is 9.53 Å². The lowest BCUT2D eigenvalue weighted by molar-refractivity contribution is -0.152. The predicted octanol–water partition coefficient (Wildman–Crippen LogP) is 1.82. The number of esters is 1. The summed E-state index contributed by atoms with van der Waals surface area (Å²) in [5, 5.41) is 39.1. The van der Waals surface area contributed by atoms with Crippen LogP contribution in [0.3, 0.4) is 0 Å². The first-order chi connectivity index (χ1) is 12.3. The van der Waals surface area contributed by atoms with Gasteiger partial charge in [0.2, 0.25) is 0 Å². The van der Waals surface area contributed by atoms with E-state index in [0.717, 1.165) is 0 Å². The number of ether oxygens (including phenoxy) is 2. The van der Waals surface area contributed by atoms with Gasteiger partial charge in [0.25, 0.3) is 0 Å². The number of carbonyl (C=O) groups is 1. The Hall–Kier alpha value is -1.58. The summed E-state index contributed by atoms with van der Waals surface area (Å²) in [4.78, 5) is 11.4. The molecule has 1 aromatic rings. The minimum atomic E-state index is -1.37. The van der Waals surface area contributed by atoms with Crippen LogP contribution in [0.25, 0.3) is 0 Å². The van der Waals surface area contributed by atoms with Gasteiger partial charge in [-0.25, -0.2) is 4.79 Å². The second-order valence-electron chi connectivity index (χ2n) is 5.39. The second-order valence-corrected chi connectivity index (χ2v) is 6.55. The molecule has 1 rings (SSSR count). The van der Waals surface area contributed by atoms with E-state index in [4.69, 9.17) is 9.47 Å². The molecule has 2 atom stereocenters. The Morgan fingerprint density at radius 1 is 1.38 bits per heavy atom. The van der Waals surface area contributed by atoms with Gasteiger partial charge in [-0.3, -0.25) is 0 Å². The van der Waals surface area contributed by atoms with Crippen LogP contribution in [-0.4, -0.2) is 52.8 Å². The Labute approximate surface area is 165 Å². The van der Waals surface area contributed by atoms with E-state index in [0.29, 0.717) is 14.7 Å². The Morgan fingerprint density at radius 2 is 2.08 bits per heavy atom. The molecule has 0 bridgehead atoms. The summed E-state index contributed by atoms with van der Waals surface area (Å²) in [5.41, 5.74) is 3.65. The maximum absolute atomic E-state index is 11.4. The maximum Gasteiger partial charge on any atom is 0.335 e. The van der Waals surface area contributed by atoms with E-state index >= 15 is 0 Å². The van der Waals surface area contributed by atoms with Gasteiger partial charge in [-0.2, -0.15) is 0 Å². The number of carbonyl (C=O) groups excluding carboxylic acids is 1. The number of methoxy groups -OCH3 is 1. The molecule has 0 spiro atoms. The molecule has 0 saturated heterocycles. The maximum atomic E-state index is 11.4. The number of hydrogen-bond acceptors (Lipinski definition) is 7. The van der Waals surface area contributed by atoms with Crippen LogP contribution in [0.1, 0.15) is 31.4 Å². The highest BCUT2D eigenvalue weighted by atomic mass is 127. The Kier molecular flexibility index (Phi) is 9.68. The number of aliphatic hydroxyl groups is 3. The average Bonchev–Trinajstić information content (AvgIpc) is 2.62. The molecule has 0 fully saturated rings. The average molecular weight is 478 g/mol. The molecule has 0 aliphatic rings. The summed E-state index contributed by atoms with van der Waals surface area (Å²) in [6.07, 6.45) is -0.651. The molecule has 0 amide bonds. The zero-order valence-electron chi connectivity index (χ0n) is 14.6. The van der Waals surface area contributed by atoms with Crippen LogP contribution in [0, 0.1) is 3.57 Å². The molecule has 0 saturated carbocycles. The third-order valence-electron chi connectivity index (χ3n) is 3.49. The summed E-state index contributed by atoms with van der Waals surface area (Å²) in [5.74, 6) is -0.486. The molecule has 0 unspecified atom stereocenters. The first kappa shape index (κ1) is 22.5. The van der Waals surface area contributed by atoms with Crippen molar-refractivity contribution in [1.29, 1.82) is 0 Å². The summed E-state index contributed by atoms with van der Waals surface area (Å²) >= 11 is 1.94. The van der Waals surface area contributed by atoms with Crippen LogP contribution in [0.15, 0.2) is 29.5 Å². The minimum absolute atomic E-state index is 0.00927. The van der Waals surface area contributed by atoms with Gasteiger partial charge < -0.3 is 29.9 Å². The molecule has 1 aromatic carbocycles. The Morgan fingerprint density at radius 3 is 2.65 bits per heavy atom. The number of hydrogen-bond donors (Lipinski definition) is 4. The fourth-order valence-corrected chi connectivity index (χ4v) is 2.74. The predicted molar refractivity (Wildman–Crippen MR) is 103 cm³/mol. The zero-order valence-corrected chi connectivity index (χ0v) is 16.8. The molecule has 0 aliphatic carbocycles. The largest absolute Gasteiger partial charge is 0.504 e. The summed E-state index contributed by atoms with van der Waals surface area (Å²) in [7, 11) is 1.42. The molecule has 0 aliphatic heterocycles. The van der Waals surface area contributed by atoms with Gasteiger partial charge in [0, 0.05) is 12.8 Å². The highest BCUT2D eigenvalue weighted by Gasteiger charge is 2.17. The van der Waals surface area contributed by atoms with E-state index in [9.17, 15) is 25.2 Å². The van der Waals surface area contributed by atoms with E-state index in [-0.39, 0.29) is 37.6 Å². The minimum Gasteiger partial charge on any atom is -0.504 e. The fourth-order valence-electron chi connectivity index (χ4n) is 2.12. The van der Waals surface area contributed by atoms with Crippen LogP contribution in [0.2, 0.25) is 0 Å². The normalized spacial score (nSPS) is 12.7. The third kappa shape index (κ3) is 6.62. The van der Waals surface area contributed by atoms with Crippen molar-refractivity contribution in [2.45, 2.75) is 32.0 Å². The topological polar surface area (TPSA) is 116 Å². The van der Waals surface area contributed by atoms with Crippen LogP contribution in [0.5, 0.6) is 11.5 Å². The molecular weight excluding hydrogens is 455 g/mol. The number of aliphatic hydroxyl groups excluding tert-OH is 3. The number of phenolic OH excluding ortho intramolecular Hbond substituents is 1. The molecule has 144 valence electrons. The molecule has 0 radical (unpaired) electrons. The lowest BCUT2D eigenvalue weighted by Gasteiger charge is -2.12. The van der Waals surface area contributed by atoms with Gasteiger partial charge in [-0.1, -0.05) is 0 Å². The van der Waals surface area contributed by atoms with Crippen molar-refractivity contribution >= 4 is 28.6 Å². The number of aromatic hydroxyl groups is 1. The second kappa shape index (κ2) is 11.2. The SMILES string of the molecule is CCOC(=O)[C@H](O)CC(=C=CC[C@@H](O)c1cc(I)c(O)c(OC)c1)CO. The van der Waals surface area contributed by atoms with E-state index in [2.05, 4.69) is 5.73 Å². The summed E-state index contributed by atoms with van der Waals surface area (Å²) in [6, 6.07) is 3.18. The van der Waals surface area contributed by atoms with Crippen molar-refractivity contribution in [1.82, 2.24) is 0 Å². The molecule has 26 heavy (non-hydrogen) atoms. The summed E-state index contributed by atoms with van der Waals surface area (Å²) in [6.45, 7) is 1.41. The first-order valence-electron chi connectivity index (χ1n) is 7.96. The highest BCUT2D eigenvalue weighted by molar-refractivity contribution is 14.1. The van der Waals surface area contributed by atoms with Crippen molar-refractivity contribution in [2.24, 2.45) is 0 Å². The fraction of sp³-hybridized carbons (Fsp3) is 0.444. The van der Waals surface area contributed by atoms with E-state index < -0.39 is 18.2 Å². The van der Waals surface area contributed by atoms with E-state index in [1.54, 1.807) is 13.0 Å². The number of benzene rings is 1. The lowest BCUT2D eigenvalue weighted by Crippen LogP contribution is -2.23. The van der Waals surface area contributed by atoms with Gasteiger partial charge in [0.1, 0.15) is 0 Å². The van der Waals surface area contributed by atoms with Gasteiger partial charge in [-0.05, 0) is 58.9 Å². The first-order valence-corrected chi connectivity index (χ1v) is 9.04. The monoisotopic (exact) mass is 478 g/mol. The number of halogens is 1. The van der Waals surface area contributed by atoms with Gasteiger partial charge in [0.05, 0.1) is 30.0 Å². The molecular formula is C18H23IO7. The standard InChI is InChI=1S/C18H23IO7/c1-3-26-18(24)15(22)7-11(10-20)5-4-6-14(21)12-8-13(19)17(23)16(9-12)25-2/h4,8-9,14-15,20-23H,3,6-7,10H2,1-2H3/t5?,14-,15-/m1/s1. The molecule has 7 nitrogen and oxygen atoms in total. The van der Waals surface area contributed by atoms with Crippen molar-refractivity contribution < 1.29 is 34.7 Å². The van der Waals surface area contributed by atoms with Crippen molar-refractivity contribution in [2.75, 3.05) is 20.3 Å². The van der Waals surface area contributed by atoms with Gasteiger partial charge in [0.15, 0.2) is 17.6 Å². The van der Waals surface area contributed by atoms with Gasteiger partial charge >= 0.3 is 5.97 Å². The van der Waals surface area contributed by atoms with E-state index in [1.807, 2.05) is 22.6 Å². The quantitative estimate of drug-likeness (QED) is 0.243. The van der Waals surface area contributed by atoms with Crippen molar-refractivity contribution in [3.05, 3.63) is 38.6 Å². The van der Waals surface area contributed by atoms with Crippen LogP contribution < -0.4 is 4.74 Å².